The minimum absolute atomic E-state index is 0.0486. The fourth-order valence-electron chi connectivity index (χ4n) is 3.46. The first-order valence-electron chi connectivity index (χ1n) is 10.3. The molecule has 0 saturated carbocycles. The van der Waals surface area contributed by atoms with Crippen molar-refractivity contribution in [3.05, 3.63) is 35.4 Å². The second-order valence-electron chi connectivity index (χ2n) is 8.43. The molecule has 0 bridgehead atoms. The molecule has 0 radical (unpaired) electrons. The highest BCUT2D eigenvalue weighted by Gasteiger charge is 2.22. The van der Waals surface area contributed by atoms with Crippen molar-refractivity contribution < 1.29 is 0 Å². The number of likely N-dealkylation sites (N-methyl/N-ethyl adjacent to an activating group) is 1. The van der Waals surface area contributed by atoms with Crippen molar-refractivity contribution in [3.63, 3.8) is 0 Å². The zero-order valence-electron chi connectivity index (χ0n) is 18.2. The molecule has 1 aliphatic heterocycles. The molecule has 2 N–H and O–H groups in total. The summed E-state index contributed by atoms with van der Waals surface area (Å²) in [5.74, 6) is 0.884. The quantitative estimate of drug-likeness (QED) is 0.569. The van der Waals surface area contributed by atoms with E-state index in [4.69, 9.17) is 0 Å². The van der Waals surface area contributed by atoms with E-state index in [2.05, 4.69) is 84.4 Å². The number of piperazine rings is 1. The van der Waals surface area contributed by atoms with Gasteiger partial charge in [0.2, 0.25) is 0 Å². The van der Waals surface area contributed by atoms with Crippen LogP contribution in [-0.4, -0.2) is 75.2 Å². The van der Waals surface area contributed by atoms with Gasteiger partial charge in [-0.05, 0) is 31.5 Å². The van der Waals surface area contributed by atoms with Crippen LogP contribution in [0.2, 0.25) is 0 Å². The van der Waals surface area contributed by atoms with Gasteiger partial charge < -0.3 is 15.5 Å². The van der Waals surface area contributed by atoms with E-state index >= 15 is 0 Å². The van der Waals surface area contributed by atoms with Gasteiger partial charge in [0.25, 0.3) is 0 Å². The van der Waals surface area contributed by atoms with Gasteiger partial charge in [0.05, 0.1) is 0 Å². The van der Waals surface area contributed by atoms with Gasteiger partial charge in [0, 0.05) is 57.8 Å². The summed E-state index contributed by atoms with van der Waals surface area (Å²) < 4.78 is 0. The predicted molar refractivity (Wildman–Crippen MR) is 117 cm³/mol. The van der Waals surface area contributed by atoms with Crippen LogP contribution < -0.4 is 10.6 Å². The number of rotatable bonds is 7. The van der Waals surface area contributed by atoms with E-state index in [9.17, 15) is 0 Å². The molecule has 0 spiro atoms. The SMILES string of the molecule is CCc1ccc(C(C)(C)CNC(=NC)NCC(C)N2CCN(C)CC2)cc1. The van der Waals surface area contributed by atoms with Crippen LogP contribution in [0.25, 0.3) is 0 Å². The Morgan fingerprint density at radius 3 is 2.30 bits per heavy atom. The summed E-state index contributed by atoms with van der Waals surface area (Å²) in [6, 6.07) is 9.49. The van der Waals surface area contributed by atoms with E-state index in [-0.39, 0.29) is 5.41 Å². The van der Waals surface area contributed by atoms with Crippen LogP contribution in [0.3, 0.4) is 0 Å². The lowest BCUT2D eigenvalue weighted by Crippen LogP contribution is -2.52. The molecule has 2 rings (SSSR count). The Labute approximate surface area is 166 Å². The lowest BCUT2D eigenvalue weighted by Gasteiger charge is -2.36. The third-order valence-corrected chi connectivity index (χ3v) is 5.79. The molecule has 5 nitrogen and oxygen atoms in total. The topological polar surface area (TPSA) is 42.9 Å². The van der Waals surface area contributed by atoms with Crippen LogP contribution >= 0.6 is 0 Å². The minimum atomic E-state index is 0.0486. The van der Waals surface area contributed by atoms with Crippen LogP contribution in [0.1, 0.15) is 38.8 Å². The summed E-state index contributed by atoms with van der Waals surface area (Å²) in [5, 5.41) is 7.02. The number of benzene rings is 1. The van der Waals surface area contributed by atoms with E-state index in [0.717, 1.165) is 51.6 Å². The average molecular weight is 374 g/mol. The Bertz CT molecular complexity index is 585. The summed E-state index contributed by atoms with van der Waals surface area (Å²) in [4.78, 5) is 9.36. The van der Waals surface area contributed by atoms with Gasteiger partial charge in [0.15, 0.2) is 5.96 Å². The average Bonchev–Trinajstić information content (AvgIpc) is 2.68. The van der Waals surface area contributed by atoms with Crippen LogP contribution in [0.15, 0.2) is 29.3 Å². The zero-order valence-corrected chi connectivity index (χ0v) is 18.2. The third-order valence-electron chi connectivity index (χ3n) is 5.79. The molecule has 27 heavy (non-hydrogen) atoms. The number of nitrogens with one attached hydrogen (secondary N) is 2. The first-order valence-corrected chi connectivity index (χ1v) is 10.3. The van der Waals surface area contributed by atoms with Crippen molar-refractivity contribution >= 4 is 5.96 Å². The number of aryl methyl sites for hydroxylation is 1. The molecule has 1 saturated heterocycles. The van der Waals surface area contributed by atoms with E-state index < -0.39 is 0 Å². The third kappa shape index (κ3) is 6.51. The summed E-state index contributed by atoms with van der Waals surface area (Å²) in [6.45, 7) is 15.4. The van der Waals surface area contributed by atoms with E-state index in [1.807, 2.05) is 7.05 Å². The molecule has 1 fully saturated rings. The highest BCUT2D eigenvalue weighted by Crippen LogP contribution is 2.22. The monoisotopic (exact) mass is 373 g/mol. The second-order valence-corrected chi connectivity index (χ2v) is 8.43. The van der Waals surface area contributed by atoms with Crippen molar-refractivity contribution in [3.8, 4) is 0 Å². The fourth-order valence-corrected chi connectivity index (χ4v) is 3.46. The van der Waals surface area contributed by atoms with Gasteiger partial charge >= 0.3 is 0 Å². The zero-order chi connectivity index (χ0) is 19.9. The van der Waals surface area contributed by atoms with E-state index in [1.54, 1.807) is 0 Å². The van der Waals surface area contributed by atoms with Crippen molar-refractivity contribution in [1.82, 2.24) is 20.4 Å². The standard InChI is InChI=1S/C22H39N5/c1-7-19-8-10-20(11-9-19)22(3,4)17-25-21(23-5)24-16-18(2)27-14-12-26(6)13-15-27/h8-11,18H,7,12-17H2,1-6H3,(H2,23,24,25). The molecule has 1 aliphatic rings. The molecule has 1 unspecified atom stereocenters. The second kappa shape index (κ2) is 10.1. The number of nitrogens with zero attached hydrogens (tertiary/aromatic N) is 3. The maximum absolute atomic E-state index is 4.41. The van der Waals surface area contributed by atoms with E-state index in [0.29, 0.717) is 6.04 Å². The summed E-state index contributed by atoms with van der Waals surface area (Å²) in [5.41, 5.74) is 2.79. The fraction of sp³-hybridized carbons (Fsp3) is 0.682. The van der Waals surface area contributed by atoms with Crippen molar-refractivity contribution in [2.45, 2.75) is 45.6 Å². The molecule has 1 aromatic carbocycles. The highest BCUT2D eigenvalue weighted by atomic mass is 15.3. The van der Waals surface area contributed by atoms with Crippen molar-refractivity contribution in [1.29, 1.82) is 0 Å². The number of hydrogen-bond donors (Lipinski definition) is 2. The molecule has 1 aromatic rings. The largest absolute Gasteiger partial charge is 0.356 e. The first-order chi connectivity index (χ1) is 12.9. The Morgan fingerprint density at radius 2 is 1.74 bits per heavy atom. The molecule has 152 valence electrons. The molecular formula is C22H39N5. The van der Waals surface area contributed by atoms with Gasteiger partial charge in [0.1, 0.15) is 0 Å². The molecule has 1 atom stereocenters. The predicted octanol–water partition coefficient (Wildman–Crippen LogP) is 2.33. The van der Waals surface area contributed by atoms with Crippen LogP contribution in [0.5, 0.6) is 0 Å². The van der Waals surface area contributed by atoms with Crippen LogP contribution in [-0.2, 0) is 11.8 Å². The van der Waals surface area contributed by atoms with Crippen LogP contribution in [0, 0.1) is 0 Å². The molecular weight excluding hydrogens is 334 g/mol. The van der Waals surface area contributed by atoms with Gasteiger partial charge in [-0.15, -0.1) is 0 Å². The smallest absolute Gasteiger partial charge is 0.191 e. The van der Waals surface area contributed by atoms with Gasteiger partial charge in [-0.3, -0.25) is 9.89 Å². The molecule has 1 heterocycles. The normalized spacial score (nSPS) is 18.4. The number of guanidine groups is 1. The maximum atomic E-state index is 4.41. The first kappa shape index (κ1) is 21.7. The van der Waals surface area contributed by atoms with Crippen LogP contribution in [0.4, 0.5) is 0 Å². The Hall–Kier alpha value is -1.59. The van der Waals surface area contributed by atoms with E-state index in [1.165, 1.54) is 11.1 Å². The Kier molecular flexibility index (Phi) is 8.11. The minimum Gasteiger partial charge on any atom is -0.356 e. The maximum Gasteiger partial charge on any atom is 0.191 e. The lowest BCUT2D eigenvalue weighted by molar-refractivity contribution is 0.120. The molecule has 0 aromatic heterocycles. The summed E-state index contributed by atoms with van der Waals surface area (Å²) >= 11 is 0. The number of aliphatic imine (C=N–C) groups is 1. The van der Waals surface area contributed by atoms with Crippen molar-refractivity contribution in [2.24, 2.45) is 4.99 Å². The molecule has 5 heteroatoms. The molecule has 0 amide bonds. The van der Waals surface area contributed by atoms with Gasteiger partial charge in [-0.1, -0.05) is 45.0 Å². The van der Waals surface area contributed by atoms with Crippen molar-refractivity contribution in [2.75, 3.05) is 53.4 Å². The summed E-state index contributed by atoms with van der Waals surface area (Å²) in [7, 11) is 4.04. The Balaban J connectivity index is 1.81. The molecule has 0 aliphatic carbocycles. The Morgan fingerprint density at radius 1 is 1.11 bits per heavy atom. The highest BCUT2D eigenvalue weighted by molar-refractivity contribution is 5.79. The number of hydrogen-bond acceptors (Lipinski definition) is 3. The summed E-state index contributed by atoms with van der Waals surface area (Å²) in [6.07, 6.45) is 1.08. The van der Waals surface area contributed by atoms with Gasteiger partial charge in [-0.25, -0.2) is 0 Å². The van der Waals surface area contributed by atoms with Gasteiger partial charge in [-0.2, -0.15) is 0 Å². The lowest BCUT2D eigenvalue weighted by atomic mass is 9.84.